The zero-order valence-electron chi connectivity index (χ0n) is 12.5. The van der Waals surface area contributed by atoms with E-state index in [9.17, 15) is 14.4 Å². The molecule has 0 spiro atoms. The smallest absolute Gasteiger partial charge is 0.325 e. The largest absolute Gasteiger partial charge is 0.355 e. The number of rotatable bonds is 5. The molecule has 118 valence electrons. The molecule has 1 heterocycles. The van der Waals surface area contributed by atoms with E-state index in [1.54, 1.807) is 31.2 Å². The van der Waals surface area contributed by atoms with Gasteiger partial charge in [0.05, 0.1) is 0 Å². The Balaban J connectivity index is 2.31. The lowest BCUT2D eigenvalue weighted by Crippen LogP contribution is -2.44. The Morgan fingerprint density at radius 1 is 1.27 bits per heavy atom. The van der Waals surface area contributed by atoms with E-state index in [-0.39, 0.29) is 12.5 Å². The zero-order valence-corrected chi connectivity index (χ0v) is 13.2. The molecule has 1 atom stereocenters. The molecule has 7 heteroatoms. The molecular weight excluding hydrogens is 306 g/mol. The molecule has 22 heavy (non-hydrogen) atoms. The number of nitrogens with zero attached hydrogens (tertiary/aromatic N) is 1. The summed E-state index contributed by atoms with van der Waals surface area (Å²) in [5.41, 5.74) is -0.495. The van der Waals surface area contributed by atoms with Gasteiger partial charge in [0, 0.05) is 11.6 Å². The van der Waals surface area contributed by atoms with Crippen molar-refractivity contribution in [3.8, 4) is 0 Å². The van der Waals surface area contributed by atoms with Crippen LogP contribution in [0.4, 0.5) is 4.79 Å². The second-order valence-corrected chi connectivity index (χ2v) is 5.48. The lowest BCUT2D eigenvalue weighted by molar-refractivity contribution is -0.135. The summed E-state index contributed by atoms with van der Waals surface area (Å²) in [5.74, 6) is -0.789. The summed E-state index contributed by atoms with van der Waals surface area (Å²) in [5, 5.41) is 5.84. The molecule has 1 aromatic rings. The van der Waals surface area contributed by atoms with Gasteiger partial charge in [-0.1, -0.05) is 30.7 Å². The molecule has 1 aromatic carbocycles. The van der Waals surface area contributed by atoms with Crippen LogP contribution in [0, 0.1) is 0 Å². The number of nitrogens with one attached hydrogen (secondary N) is 2. The van der Waals surface area contributed by atoms with Gasteiger partial charge in [-0.25, -0.2) is 4.79 Å². The SMILES string of the molecule is CCNC(=O)CN1C(=O)N[C@@](CC)(c2ccc(Cl)cc2)C1=O. The highest BCUT2D eigenvalue weighted by molar-refractivity contribution is 6.30. The second kappa shape index (κ2) is 6.36. The lowest BCUT2D eigenvalue weighted by atomic mass is 9.87. The summed E-state index contributed by atoms with van der Waals surface area (Å²) in [6, 6.07) is 6.19. The monoisotopic (exact) mass is 323 g/mol. The van der Waals surface area contributed by atoms with E-state index in [1.807, 2.05) is 6.92 Å². The Hall–Kier alpha value is -2.08. The number of amides is 4. The molecule has 0 unspecified atom stereocenters. The Morgan fingerprint density at radius 3 is 2.45 bits per heavy atom. The number of hydrogen-bond donors (Lipinski definition) is 2. The first kappa shape index (κ1) is 16.3. The molecule has 0 saturated carbocycles. The maximum absolute atomic E-state index is 12.7. The van der Waals surface area contributed by atoms with Gasteiger partial charge < -0.3 is 10.6 Å². The van der Waals surface area contributed by atoms with Crippen LogP contribution in [-0.4, -0.2) is 35.8 Å². The second-order valence-electron chi connectivity index (χ2n) is 5.04. The maximum Gasteiger partial charge on any atom is 0.325 e. The van der Waals surface area contributed by atoms with Gasteiger partial charge in [-0.2, -0.15) is 0 Å². The zero-order chi connectivity index (χ0) is 16.3. The quantitative estimate of drug-likeness (QED) is 0.808. The van der Waals surface area contributed by atoms with Crippen LogP contribution in [0.3, 0.4) is 0 Å². The van der Waals surface area contributed by atoms with Gasteiger partial charge in [0.1, 0.15) is 12.1 Å². The van der Waals surface area contributed by atoms with Crippen molar-refractivity contribution >= 4 is 29.4 Å². The molecule has 1 aliphatic heterocycles. The Morgan fingerprint density at radius 2 is 1.91 bits per heavy atom. The minimum atomic E-state index is -1.14. The number of urea groups is 1. The predicted octanol–water partition coefficient (Wildman–Crippen LogP) is 1.63. The third-order valence-corrected chi connectivity index (χ3v) is 3.97. The minimum Gasteiger partial charge on any atom is -0.355 e. The molecule has 0 radical (unpaired) electrons. The van der Waals surface area contributed by atoms with E-state index in [0.717, 1.165) is 4.90 Å². The first-order valence-electron chi connectivity index (χ1n) is 7.11. The van der Waals surface area contributed by atoms with E-state index in [2.05, 4.69) is 10.6 Å². The first-order chi connectivity index (χ1) is 10.4. The summed E-state index contributed by atoms with van der Waals surface area (Å²) in [4.78, 5) is 37.5. The highest BCUT2D eigenvalue weighted by atomic mass is 35.5. The number of carbonyl (C=O) groups is 3. The van der Waals surface area contributed by atoms with Gasteiger partial charge in [-0.05, 0) is 31.0 Å². The molecule has 4 amide bonds. The van der Waals surface area contributed by atoms with Gasteiger partial charge in [-0.15, -0.1) is 0 Å². The number of halogens is 1. The number of hydrogen-bond acceptors (Lipinski definition) is 3. The predicted molar refractivity (Wildman–Crippen MR) is 82.3 cm³/mol. The van der Waals surface area contributed by atoms with E-state index in [1.165, 1.54) is 0 Å². The molecule has 1 aliphatic rings. The summed E-state index contributed by atoms with van der Waals surface area (Å²) in [7, 11) is 0. The molecular formula is C15H18ClN3O3. The van der Waals surface area contributed by atoms with E-state index in [0.29, 0.717) is 23.6 Å². The molecule has 2 N–H and O–H groups in total. The first-order valence-corrected chi connectivity index (χ1v) is 7.49. The highest BCUT2D eigenvalue weighted by Gasteiger charge is 2.51. The van der Waals surface area contributed by atoms with Crippen molar-refractivity contribution in [3.63, 3.8) is 0 Å². The average Bonchev–Trinajstić information content (AvgIpc) is 2.73. The Kier molecular flexibility index (Phi) is 4.71. The normalized spacial score (nSPS) is 21.0. The highest BCUT2D eigenvalue weighted by Crippen LogP contribution is 2.32. The van der Waals surface area contributed by atoms with Crippen LogP contribution in [0.2, 0.25) is 5.02 Å². The minimum absolute atomic E-state index is 0.284. The van der Waals surface area contributed by atoms with E-state index < -0.39 is 17.5 Å². The topological polar surface area (TPSA) is 78.5 Å². The fourth-order valence-electron chi connectivity index (χ4n) is 2.54. The molecule has 2 rings (SSSR count). The third-order valence-electron chi connectivity index (χ3n) is 3.72. The van der Waals surface area contributed by atoms with Crippen LogP contribution in [0.5, 0.6) is 0 Å². The molecule has 1 saturated heterocycles. The Labute approximate surface area is 133 Å². The van der Waals surface area contributed by atoms with Crippen LogP contribution in [0.15, 0.2) is 24.3 Å². The van der Waals surface area contributed by atoms with Gasteiger partial charge in [0.25, 0.3) is 5.91 Å². The number of carbonyl (C=O) groups excluding carboxylic acids is 3. The van der Waals surface area contributed by atoms with E-state index >= 15 is 0 Å². The molecule has 1 fully saturated rings. The van der Waals surface area contributed by atoms with Crippen molar-refractivity contribution < 1.29 is 14.4 Å². The molecule has 0 aliphatic carbocycles. The molecule has 0 aromatic heterocycles. The van der Waals surface area contributed by atoms with Crippen LogP contribution in [0.25, 0.3) is 0 Å². The van der Waals surface area contributed by atoms with Crippen molar-refractivity contribution in [2.24, 2.45) is 0 Å². The summed E-state index contributed by atoms with van der Waals surface area (Å²) in [6.45, 7) is 3.74. The molecule has 6 nitrogen and oxygen atoms in total. The van der Waals surface area contributed by atoms with Crippen molar-refractivity contribution in [1.29, 1.82) is 0 Å². The summed E-state index contributed by atoms with van der Waals surface area (Å²) in [6.07, 6.45) is 0.380. The number of imide groups is 1. The van der Waals surface area contributed by atoms with Crippen LogP contribution in [-0.2, 0) is 15.1 Å². The van der Waals surface area contributed by atoms with Crippen LogP contribution in [0.1, 0.15) is 25.8 Å². The maximum atomic E-state index is 12.7. The number of likely N-dealkylation sites (N-methyl/N-ethyl adjacent to an activating group) is 1. The average molecular weight is 324 g/mol. The lowest BCUT2D eigenvalue weighted by Gasteiger charge is -2.25. The standard InChI is InChI=1S/C15H18ClN3O3/c1-3-15(10-5-7-11(16)8-6-10)13(21)19(14(22)18-15)9-12(20)17-4-2/h5-8H,3-4,9H2,1-2H3,(H,17,20)(H,18,22)/t15-/m0/s1. The summed E-state index contributed by atoms with van der Waals surface area (Å²) >= 11 is 5.87. The fourth-order valence-corrected chi connectivity index (χ4v) is 2.67. The van der Waals surface area contributed by atoms with Gasteiger partial charge in [0.15, 0.2) is 0 Å². The van der Waals surface area contributed by atoms with Crippen molar-refractivity contribution in [3.05, 3.63) is 34.9 Å². The van der Waals surface area contributed by atoms with Gasteiger partial charge in [-0.3, -0.25) is 14.5 Å². The van der Waals surface area contributed by atoms with Gasteiger partial charge in [0.2, 0.25) is 5.91 Å². The Bertz CT molecular complexity index is 603. The van der Waals surface area contributed by atoms with Crippen molar-refractivity contribution in [1.82, 2.24) is 15.5 Å². The van der Waals surface area contributed by atoms with E-state index in [4.69, 9.17) is 11.6 Å². The third kappa shape index (κ3) is 2.78. The van der Waals surface area contributed by atoms with Crippen molar-refractivity contribution in [2.45, 2.75) is 25.8 Å². The fraction of sp³-hybridized carbons (Fsp3) is 0.400. The van der Waals surface area contributed by atoms with Gasteiger partial charge >= 0.3 is 6.03 Å². The molecule has 0 bridgehead atoms. The van der Waals surface area contributed by atoms with Crippen molar-refractivity contribution in [2.75, 3.05) is 13.1 Å². The van der Waals surface area contributed by atoms with Crippen LogP contribution >= 0.6 is 11.6 Å². The van der Waals surface area contributed by atoms with Crippen LogP contribution < -0.4 is 10.6 Å². The number of benzene rings is 1. The summed E-state index contributed by atoms with van der Waals surface area (Å²) < 4.78 is 0.